The summed E-state index contributed by atoms with van der Waals surface area (Å²) in [5.41, 5.74) is 10.9. The van der Waals surface area contributed by atoms with Crippen LogP contribution in [0.2, 0.25) is 0 Å². The van der Waals surface area contributed by atoms with Gasteiger partial charge in [0.2, 0.25) is 0 Å². The summed E-state index contributed by atoms with van der Waals surface area (Å²) in [5.74, 6) is 0. The molecular weight excluding hydrogens is 510 g/mol. The Balaban J connectivity index is 1.36. The van der Waals surface area contributed by atoms with E-state index in [-0.39, 0.29) is 0 Å². The summed E-state index contributed by atoms with van der Waals surface area (Å²) in [7, 11) is 0. The number of rotatable bonds is 7. The molecule has 3 heteroatoms. The Kier molecular flexibility index (Phi) is 6.89. The van der Waals surface area contributed by atoms with E-state index in [4.69, 9.17) is 5.10 Å². The number of hydrogen-bond acceptors (Lipinski definition) is 2. The molecule has 200 valence electrons. The predicted molar refractivity (Wildman–Crippen MR) is 175 cm³/mol. The number of nitrogens with zero attached hydrogens (tertiary/aromatic N) is 3. The monoisotopic (exact) mass is 539 g/mol. The molecule has 0 aliphatic heterocycles. The second-order valence-electron chi connectivity index (χ2n) is 10.1. The van der Waals surface area contributed by atoms with Crippen molar-refractivity contribution in [3.8, 4) is 39.3 Å². The van der Waals surface area contributed by atoms with E-state index in [0.717, 1.165) is 45.3 Å². The van der Waals surface area contributed by atoms with Gasteiger partial charge in [-0.15, -0.1) is 0 Å². The Labute approximate surface area is 246 Å². The zero-order valence-electron chi connectivity index (χ0n) is 23.1. The van der Waals surface area contributed by atoms with Crippen molar-refractivity contribution in [2.45, 2.75) is 0 Å². The van der Waals surface area contributed by atoms with Gasteiger partial charge in [0.25, 0.3) is 0 Å². The van der Waals surface area contributed by atoms with Gasteiger partial charge in [0.1, 0.15) is 0 Å². The summed E-state index contributed by atoms with van der Waals surface area (Å²) in [6, 6.07) is 61.3. The molecule has 1 heterocycles. The standard InChI is InChI=1S/C39H29N3/c1-5-15-30(16-6-1)36-23-13-14-24-37(36)39-29-38(31-17-7-2-8-18-31)40-42(39)35-27-25-34(26-28-35)41(32-19-9-3-10-20-32)33-21-11-4-12-22-33/h1-29H. The van der Waals surface area contributed by atoms with Crippen LogP contribution in [-0.2, 0) is 0 Å². The van der Waals surface area contributed by atoms with Gasteiger partial charge in [-0.05, 0) is 65.7 Å². The van der Waals surface area contributed by atoms with E-state index in [2.05, 4.69) is 167 Å². The zero-order chi connectivity index (χ0) is 28.1. The van der Waals surface area contributed by atoms with Gasteiger partial charge in [-0.1, -0.05) is 121 Å². The quantitative estimate of drug-likeness (QED) is 0.201. The lowest BCUT2D eigenvalue weighted by molar-refractivity contribution is 0.892. The normalized spacial score (nSPS) is 10.9. The molecule has 0 aliphatic carbocycles. The maximum atomic E-state index is 5.16. The van der Waals surface area contributed by atoms with E-state index in [1.165, 1.54) is 11.1 Å². The molecule has 0 fully saturated rings. The fourth-order valence-corrected chi connectivity index (χ4v) is 5.44. The second kappa shape index (κ2) is 11.4. The molecule has 7 aromatic rings. The molecule has 3 nitrogen and oxygen atoms in total. The van der Waals surface area contributed by atoms with Crippen LogP contribution in [0.5, 0.6) is 0 Å². The summed E-state index contributed by atoms with van der Waals surface area (Å²) in [4.78, 5) is 2.27. The van der Waals surface area contributed by atoms with Gasteiger partial charge >= 0.3 is 0 Å². The minimum Gasteiger partial charge on any atom is -0.311 e. The Morgan fingerprint density at radius 3 is 1.43 bits per heavy atom. The molecule has 0 amide bonds. The van der Waals surface area contributed by atoms with E-state index >= 15 is 0 Å². The molecule has 0 spiro atoms. The molecule has 0 aliphatic rings. The molecule has 0 atom stereocenters. The molecule has 0 unspecified atom stereocenters. The molecule has 0 N–H and O–H groups in total. The van der Waals surface area contributed by atoms with Gasteiger partial charge in [-0.25, -0.2) is 4.68 Å². The number of benzene rings is 6. The van der Waals surface area contributed by atoms with Crippen LogP contribution in [0, 0.1) is 0 Å². The largest absolute Gasteiger partial charge is 0.311 e. The van der Waals surface area contributed by atoms with E-state index in [1.807, 2.05) is 18.2 Å². The molecule has 0 saturated carbocycles. The minimum absolute atomic E-state index is 0.938. The van der Waals surface area contributed by atoms with E-state index < -0.39 is 0 Å². The molecular formula is C39H29N3. The third-order valence-corrected chi connectivity index (χ3v) is 7.45. The molecule has 0 radical (unpaired) electrons. The van der Waals surface area contributed by atoms with Gasteiger partial charge in [0.05, 0.1) is 17.1 Å². The second-order valence-corrected chi connectivity index (χ2v) is 10.1. The van der Waals surface area contributed by atoms with Crippen LogP contribution < -0.4 is 4.90 Å². The lowest BCUT2D eigenvalue weighted by atomic mass is 9.97. The average molecular weight is 540 g/mol. The van der Waals surface area contributed by atoms with Crippen LogP contribution in [-0.4, -0.2) is 9.78 Å². The van der Waals surface area contributed by atoms with Gasteiger partial charge < -0.3 is 4.90 Å². The van der Waals surface area contributed by atoms with Crippen molar-refractivity contribution in [1.29, 1.82) is 0 Å². The van der Waals surface area contributed by atoms with Crippen LogP contribution in [0.15, 0.2) is 176 Å². The molecule has 42 heavy (non-hydrogen) atoms. The lowest BCUT2D eigenvalue weighted by Gasteiger charge is -2.25. The van der Waals surface area contributed by atoms with E-state index in [9.17, 15) is 0 Å². The summed E-state index contributed by atoms with van der Waals surface area (Å²) < 4.78 is 2.07. The Bertz CT molecular complexity index is 1850. The number of para-hydroxylation sites is 2. The fraction of sp³-hybridized carbons (Fsp3) is 0. The van der Waals surface area contributed by atoms with Crippen molar-refractivity contribution in [3.05, 3.63) is 176 Å². The van der Waals surface area contributed by atoms with Crippen LogP contribution in [0.4, 0.5) is 17.1 Å². The number of anilines is 3. The highest BCUT2D eigenvalue weighted by atomic mass is 15.3. The number of aromatic nitrogens is 2. The van der Waals surface area contributed by atoms with Gasteiger partial charge in [0.15, 0.2) is 0 Å². The van der Waals surface area contributed by atoms with Crippen LogP contribution >= 0.6 is 0 Å². The average Bonchev–Trinajstić information content (AvgIpc) is 3.53. The van der Waals surface area contributed by atoms with Crippen LogP contribution in [0.3, 0.4) is 0 Å². The Morgan fingerprint density at radius 1 is 0.405 bits per heavy atom. The predicted octanol–water partition coefficient (Wildman–Crippen LogP) is 10.3. The first kappa shape index (κ1) is 25.3. The maximum absolute atomic E-state index is 5.16. The summed E-state index contributed by atoms with van der Waals surface area (Å²) >= 11 is 0. The molecule has 6 aromatic carbocycles. The van der Waals surface area contributed by atoms with Crippen molar-refractivity contribution >= 4 is 17.1 Å². The van der Waals surface area contributed by atoms with E-state index in [0.29, 0.717) is 0 Å². The van der Waals surface area contributed by atoms with Crippen molar-refractivity contribution in [2.75, 3.05) is 4.90 Å². The molecule has 0 saturated heterocycles. The summed E-state index contributed by atoms with van der Waals surface area (Å²) in [6.07, 6.45) is 0. The first-order valence-electron chi connectivity index (χ1n) is 14.2. The highest BCUT2D eigenvalue weighted by Gasteiger charge is 2.18. The van der Waals surface area contributed by atoms with Gasteiger partial charge in [-0.3, -0.25) is 0 Å². The van der Waals surface area contributed by atoms with Gasteiger partial charge in [-0.2, -0.15) is 5.10 Å². The smallest absolute Gasteiger partial charge is 0.0934 e. The SMILES string of the molecule is c1ccc(-c2cc(-c3ccccc3-c3ccccc3)n(-c3ccc(N(c4ccccc4)c4ccccc4)cc3)n2)cc1. The first-order valence-corrected chi connectivity index (χ1v) is 14.2. The third-order valence-electron chi connectivity index (χ3n) is 7.45. The maximum Gasteiger partial charge on any atom is 0.0934 e. The summed E-state index contributed by atoms with van der Waals surface area (Å²) in [5, 5.41) is 5.16. The first-order chi connectivity index (χ1) is 20.8. The zero-order valence-corrected chi connectivity index (χ0v) is 23.1. The van der Waals surface area contributed by atoms with Crippen molar-refractivity contribution in [3.63, 3.8) is 0 Å². The third kappa shape index (κ3) is 5.00. The molecule has 1 aromatic heterocycles. The number of hydrogen-bond donors (Lipinski definition) is 0. The van der Waals surface area contributed by atoms with Gasteiger partial charge in [0, 0.05) is 28.2 Å². The van der Waals surface area contributed by atoms with Crippen LogP contribution in [0.1, 0.15) is 0 Å². The Morgan fingerprint density at radius 2 is 0.857 bits per heavy atom. The van der Waals surface area contributed by atoms with E-state index in [1.54, 1.807) is 0 Å². The summed E-state index contributed by atoms with van der Waals surface area (Å²) in [6.45, 7) is 0. The van der Waals surface area contributed by atoms with Crippen molar-refractivity contribution in [2.24, 2.45) is 0 Å². The van der Waals surface area contributed by atoms with Crippen molar-refractivity contribution in [1.82, 2.24) is 9.78 Å². The molecule has 0 bridgehead atoms. The fourth-order valence-electron chi connectivity index (χ4n) is 5.44. The lowest BCUT2D eigenvalue weighted by Crippen LogP contribution is -2.10. The van der Waals surface area contributed by atoms with Crippen molar-refractivity contribution < 1.29 is 0 Å². The molecule has 7 rings (SSSR count). The highest BCUT2D eigenvalue weighted by molar-refractivity contribution is 5.84. The Hall–Kier alpha value is -5.67. The topological polar surface area (TPSA) is 21.1 Å². The highest BCUT2D eigenvalue weighted by Crippen LogP contribution is 2.37. The van der Waals surface area contributed by atoms with Crippen LogP contribution in [0.25, 0.3) is 39.3 Å². The minimum atomic E-state index is 0.938.